The Hall–Kier alpha value is -5.22. The van der Waals surface area contributed by atoms with Crippen LogP contribution in [-0.2, 0) is 4.79 Å². The molecule has 1 amide bonds. The molecule has 0 spiro atoms. The first-order valence-electron chi connectivity index (χ1n) is 12.6. The van der Waals surface area contributed by atoms with E-state index in [4.69, 9.17) is 10.5 Å². The molecule has 0 saturated heterocycles. The van der Waals surface area contributed by atoms with Gasteiger partial charge in [-0.2, -0.15) is 0 Å². The average molecular weight is 536 g/mol. The molecular weight excluding hydrogens is 506 g/mol. The fourth-order valence-electron chi connectivity index (χ4n) is 4.24. The quantitative estimate of drug-likeness (QED) is 0.299. The van der Waals surface area contributed by atoms with E-state index in [0.717, 1.165) is 0 Å². The zero-order valence-electron chi connectivity index (χ0n) is 22.4. The maximum atomic E-state index is 13.8. The first-order chi connectivity index (χ1) is 19.3. The van der Waals surface area contributed by atoms with Gasteiger partial charge in [0.15, 0.2) is 11.5 Å². The van der Waals surface area contributed by atoms with E-state index >= 15 is 0 Å². The number of nitrogens with two attached hydrogens (primary N) is 1. The minimum absolute atomic E-state index is 0.149. The smallest absolute Gasteiger partial charge is 0.339 e. The second-order valence-corrected chi connectivity index (χ2v) is 9.37. The van der Waals surface area contributed by atoms with Crippen molar-refractivity contribution < 1.29 is 9.53 Å². The summed E-state index contributed by atoms with van der Waals surface area (Å²) < 4.78 is 8.85. The summed E-state index contributed by atoms with van der Waals surface area (Å²) in [4.78, 5) is 38.4. The van der Waals surface area contributed by atoms with Gasteiger partial charge in [-0.15, -0.1) is 0 Å². The summed E-state index contributed by atoms with van der Waals surface area (Å²) in [6.45, 7) is 0.666. The number of likely N-dealkylation sites (N-methyl/N-ethyl adjacent to an activating group) is 2. The monoisotopic (exact) mass is 535 g/mol. The third-order valence-electron chi connectivity index (χ3n) is 6.28. The van der Waals surface area contributed by atoms with Crippen LogP contribution >= 0.6 is 0 Å². The van der Waals surface area contributed by atoms with Gasteiger partial charge in [0.2, 0.25) is 5.91 Å². The van der Waals surface area contributed by atoms with Crippen LogP contribution in [0.4, 0.5) is 11.5 Å². The highest BCUT2D eigenvalue weighted by atomic mass is 16.5. The van der Waals surface area contributed by atoms with E-state index < -0.39 is 0 Å². The van der Waals surface area contributed by atoms with Crippen molar-refractivity contribution in [2.45, 2.75) is 0 Å². The van der Waals surface area contributed by atoms with Crippen molar-refractivity contribution in [3.63, 3.8) is 0 Å². The molecule has 0 fully saturated rings. The Balaban J connectivity index is 1.49. The number of anilines is 2. The van der Waals surface area contributed by atoms with Gasteiger partial charge in [0.05, 0.1) is 11.4 Å². The number of carbonyl (C=O) groups excluding carboxylic acids is 1. The standard InChI is InChI=1S/C30H29N7O3/c1-34(2)19-7-10-26(38)35(3)21-11-13-23(14-12-21)37-29-27(28(31)32-20-33-29)36(30(37)39)22-15-17-25(18-16-22)40-24-8-5-4-6-9-24/h4-18,20H,19H2,1-3H3,(H2,31,32,33). The van der Waals surface area contributed by atoms with E-state index in [1.807, 2.05) is 55.4 Å². The number of imidazole rings is 1. The van der Waals surface area contributed by atoms with E-state index in [0.29, 0.717) is 46.3 Å². The predicted molar refractivity (Wildman–Crippen MR) is 156 cm³/mol. The van der Waals surface area contributed by atoms with Gasteiger partial charge >= 0.3 is 5.69 Å². The van der Waals surface area contributed by atoms with E-state index in [1.54, 1.807) is 66.6 Å². The lowest BCUT2D eigenvalue weighted by Crippen LogP contribution is -2.25. The summed E-state index contributed by atoms with van der Waals surface area (Å²) in [6, 6.07) is 23.7. The molecule has 0 saturated carbocycles. The molecule has 0 unspecified atom stereocenters. The molecular formula is C30H29N7O3. The minimum atomic E-state index is -0.359. The Bertz CT molecular complexity index is 1720. The topological polar surface area (TPSA) is 112 Å². The molecule has 5 aromatic rings. The van der Waals surface area contributed by atoms with Gasteiger partial charge in [-0.3, -0.25) is 9.36 Å². The normalized spacial score (nSPS) is 11.4. The van der Waals surface area contributed by atoms with Crippen molar-refractivity contribution in [1.29, 1.82) is 0 Å². The molecule has 202 valence electrons. The van der Waals surface area contributed by atoms with Gasteiger partial charge in [0.1, 0.15) is 23.3 Å². The van der Waals surface area contributed by atoms with Gasteiger partial charge in [0, 0.05) is 25.4 Å². The molecule has 0 radical (unpaired) electrons. The highest BCUT2D eigenvalue weighted by molar-refractivity contribution is 6.01. The molecule has 2 heterocycles. The van der Waals surface area contributed by atoms with Crippen LogP contribution in [0.5, 0.6) is 11.5 Å². The minimum Gasteiger partial charge on any atom is -0.457 e. The van der Waals surface area contributed by atoms with E-state index in [-0.39, 0.29) is 17.4 Å². The van der Waals surface area contributed by atoms with Crippen LogP contribution in [0.25, 0.3) is 22.5 Å². The van der Waals surface area contributed by atoms with Crippen LogP contribution in [0, 0.1) is 0 Å². The SMILES string of the molecule is CN(C)CC=CC(=O)N(C)c1ccc(-n2c(=O)n(-c3ccc(Oc4ccccc4)cc3)c3c(N)ncnc32)cc1. The van der Waals surface area contributed by atoms with E-state index in [9.17, 15) is 9.59 Å². The number of benzene rings is 3. The molecule has 0 aliphatic carbocycles. The first kappa shape index (κ1) is 26.4. The van der Waals surface area contributed by atoms with Crippen LogP contribution in [0.2, 0.25) is 0 Å². The lowest BCUT2D eigenvalue weighted by molar-refractivity contribution is -0.113. The molecule has 2 aromatic heterocycles. The molecule has 10 heteroatoms. The fourth-order valence-corrected chi connectivity index (χ4v) is 4.24. The molecule has 2 N–H and O–H groups in total. The summed E-state index contributed by atoms with van der Waals surface area (Å²) in [5.41, 5.74) is 8.48. The number of amides is 1. The lowest BCUT2D eigenvalue weighted by atomic mass is 10.2. The van der Waals surface area contributed by atoms with Crippen LogP contribution in [-0.4, -0.2) is 57.6 Å². The van der Waals surface area contributed by atoms with Gasteiger partial charge in [-0.1, -0.05) is 24.3 Å². The zero-order valence-corrected chi connectivity index (χ0v) is 22.4. The number of aromatic nitrogens is 4. The number of hydrogen-bond acceptors (Lipinski definition) is 7. The maximum absolute atomic E-state index is 13.8. The number of rotatable bonds is 8. The molecule has 0 bridgehead atoms. The molecule has 0 aliphatic heterocycles. The van der Waals surface area contributed by atoms with Crippen molar-refractivity contribution in [2.75, 3.05) is 38.3 Å². The maximum Gasteiger partial charge on any atom is 0.339 e. The molecule has 40 heavy (non-hydrogen) atoms. The van der Waals surface area contributed by atoms with Crippen molar-refractivity contribution in [3.8, 4) is 22.9 Å². The summed E-state index contributed by atoms with van der Waals surface area (Å²) >= 11 is 0. The molecule has 3 aromatic carbocycles. The zero-order chi connectivity index (χ0) is 28.2. The van der Waals surface area contributed by atoms with E-state index in [2.05, 4.69) is 9.97 Å². The Labute approximate surface area is 231 Å². The highest BCUT2D eigenvalue weighted by Gasteiger charge is 2.20. The average Bonchev–Trinajstić information content (AvgIpc) is 3.26. The number of nitrogen functional groups attached to an aromatic ring is 1. The second-order valence-electron chi connectivity index (χ2n) is 9.37. The van der Waals surface area contributed by atoms with Gasteiger partial charge in [-0.05, 0) is 74.8 Å². The summed E-state index contributed by atoms with van der Waals surface area (Å²) in [7, 11) is 5.57. The third-order valence-corrected chi connectivity index (χ3v) is 6.28. The van der Waals surface area contributed by atoms with Crippen LogP contribution < -0.4 is 21.1 Å². The van der Waals surface area contributed by atoms with Gasteiger partial charge < -0.3 is 20.3 Å². The lowest BCUT2D eigenvalue weighted by Gasteiger charge is -2.16. The molecule has 10 nitrogen and oxygen atoms in total. The molecule has 0 atom stereocenters. The molecule has 0 aliphatic rings. The number of nitrogens with zero attached hydrogens (tertiary/aromatic N) is 6. The number of ether oxygens (including phenoxy) is 1. The van der Waals surface area contributed by atoms with Crippen LogP contribution in [0.15, 0.2) is 102 Å². The van der Waals surface area contributed by atoms with Crippen LogP contribution in [0.1, 0.15) is 0 Å². The van der Waals surface area contributed by atoms with Crippen molar-refractivity contribution in [2.24, 2.45) is 0 Å². The van der Waals surface area contributed by atoms with Crippen molar-refractivity contribution in [3.05, 3.63) is 108 Å². The van der Waals surface area contributed by atoms with E-state index in [1.165, 1.54) is 15.5 Å². The molecule has 5 rings (SSSR count). The third kappa shape index (κ3) is 5.33. The number of fused-ring (bicyclic) bond motifs is 1. The number of para-hydroxylation sites is 1. The summed E-state index contributed by atoms with van der Waals surface area (Å²) in [5, 5.41) is 0. The Morgan fingerprint density at radius 1 is 0.875 bits per heavy atom. The largest absolute Gasteiger partial charge is 0.457 e. The summed E-state index contributed by atoms with van der Waals surface area (Å²) in [5.74, 6) is 1.37. The fraction of sp³-hybridized carbons (Fsp3) is 0.133. The van der Waals surface area contributed by atoms with Crippen molar-refractivity contribution >= 4 is 28.6 Å². The van der Waals surface area contributed by atoms with Gasteiger partial charge in [-0.25, -0.2) is 19.3 Å². The summed E-state index contributed by atoms with van der Waals surface area (Å²) in [6.07, 6.45) is 4.68. The number of hydrogen-bond donors (Lipinski definition) is 1. The Morgan fingerprint density at radius 2 is 1.50 bits per heavy atom. The van der Waals surface area contributed by atoms with Crippen LogP contribution in [0.3, 0.4) is 0 Å². The second kappa shape index (κ2) is 11.3. The highest BCUT2D eigenvalue weighted by Crippen LogP contribution is 2.26. The Kier molecular flexibility index (Phi) is 7.43. The number of carbonyl (C=O) groups is 1. The van der Waals surface area contributed by atoms with Crippen molar-refractivity contribution in [1.82, 2.24) is 24.0 Å². The first-order valence-corrected chi connectivity index (χ1v) is 12.6. The van der Waals surface area contributed by atoms with Gasteiger partial charge in [0.25, 0.3) is 0 Å². The Morgan fingerprint density at radius 3 is 2.17 bits per heavy atom. The predicted octanol–water partition coefficient (Wildman–Crippen LogP) is 4.03.